The maximum Gasteiger partial charge on any atom is 0.234 e. The van der Waals surface area contributed by atoms with Crippen LogP contribution in [0.25, 0.3) is 0 Å². The van der Waals surface area contributed by atoms with Crippen molar-refractivity contribution in [1.82, 2.24) is 5.32 Å². The highest BCUT2D eigenvalue weighted by molar-refractivity contribution is 5.77. The van der Waals surface area contributed by atoms with Gasteiger partial charge in [-0.15, -0.1) is 0 Å². The van der Waals surface area contributed by atoms with Gasteiger partial charge in [-0.2, -0.15) is 5.26 Å². The van der Waals surface area contributed by atoms with E-state index in [-0.39, 0.29) is 12.3 Å². The van der Waals surface area contributed by atoms with Gasteiger partial charge < -0.3 is 14.8 Å². The number of nitrogens with one attached hydrogen (secondary N) is 1. The Morgan fingerprint density at radius 1 is 1.07 bits per heavy atom. The number of carbonyl (C=O) groups is 1. The second kappa shape index (κ2) is 10.9. The van der Waals surface area contributed by atoms with Crippen molar-refractivity contribution in [2.75, 3.05) is 19.8 Å². The third-order valence-corrected chi connectivity index (χ3v) is 4.04. The zero-order chi connectivity index (χ0) is 19.5. The lowest BCUT2D eigenvalue weighted by Gasteiger charge is -2.11. The van der Waals surface area contributed by atoms with Crippen molar-refractivity contribution in [1.29, 1.82) is 5.26 Å². The molecule has 0 fully saturated rings. The van der Waals surface area contributed by atoms with Gasteiger partial charge in [0.15, 0.2) is 0 Å². The van der Waals surface area contributed by atoms with Crippen LogP contribution < -0.4 is 14.8 Å². The Labute approximate surface area is 160 Å². The summed E-state index contributed by atoms with van der Waals surface area (Å²) in [7, 11) is 0. The van der Waals surface area contributed by atoms with E-state index in [4.69, 9.17) is 14.7 Å². The number of benzene rings is 2. The number of rotatable bonds is 10. The van der Waals surface area contributed by atoms with E-state index in [1.807, 2.05) is 42.5 Å². The molecule has 1 N–H and O–H groups in total. The van der Waals surface area contributed by atoms with E-state index < -0.39 is 0 Å². The van der Waals surface area contributed by atoms with E-state index in [1.54, 1.807) is 0 Å². The summed E-state index contributed by atoms with van der Waals surface area (Å²) in [6, 6.07) is 17.7. The van der Waals surface area contributed by atoms with E-state index >= 15 is 0 Å². The van der Waals surface area contributed by atoms with E-state index in [9.17, 15) is 4.79 Å². The average molecular weight is 366 g/mol. The normalized spacial score (nSPS) is 10.3. The molecule has 0 spiro atoms. The van der Waals surface area contributed by atoms with Crippen molar-refractivity contribution in [2.24, 2.45) is 0 Å². The van der Waals surface area contributed by atoms with E-state index in [1.165, 1.54) is 5.56 Å². The van der Waals surface area contributed by atoms with Gasteiger partial charge in [-0.25, -0.2) is 0 Å². The zero-order valence-corrected chi connectivity index (χ0v) is 15.9. The van der Waals surface area contributed by atoms with Crippen LogP contribution in [0.2, 0.25) is 0 Å². The lowest BCUT2D eigenvalue weighted by atomic mass is 10.0. The second-order valence-electron chi connectivity index (χ2n) is 6.50. The summed E-state index contributed by atoms with van der Waals surface area (Å²) in [5, 5.41) is 11.2. The van der Waals surface area contributed by atoms with Crippen molar-refractivity contribution in [3.8, 4) is 17.6 Å². The summed E-state index contributed by atoms with van der Waals surface area (Å²) in [4.78, 5) is 11.3. The molecule has 1 amide bonds. The van der Waals surface area contributed by atoms with E-state index in [0.717, 1.165) is 17.1 Å². The Bertz CT molecular complexity index is 764. The second-order valence-corrected chi connectivity index (χ2v) is 6.50. The Morgan fingerprint density at radius 3 is 2.44 bits per heavy atom. The maximum absolute atomic E-state index is 11.3. The number of hydrogen-bond donors (Lipinski definition) is 1. The van der Waals surface area contributed by atoms with Gasteiger partial charge in [0.1, 0.15) is 31.1 Å². The third-order valence-electron chi connectivity index (χ3n) is 4.04. The highest BCUT2D eigenvalue weighted by Crippen LogP contribution is 2.18. The Morgan fingerprint density at radius 2 is 1.78 bits per heavy atom. The fraction of sp³-hybridized carbons (Fsp3) is 0.364. The lowest BCUT2D eigenvalue weighted by molar-refractivity contribution is -0.120. The molecule has 2 aromatic rings. The molecule has 0 radical (unpaired) electrons. The quantitative estimate of drug-likeness (QED) is 0.649. The van der Waals surface area contributed by atoms with Gasteiger partial charge in [0, 0.05) is 6.54 Å². The summed E-state index contributed by atoms with van der Waals surface area (Å²) in [6.07, 6.45) is 0.580. The molecule has 142 valence electrons. The molecule has 0 saturated carbocycles. The Hall–Kier alpha value is -3.00. The molecule has 5 heteroatoms. The predicted molar refractivity (Wildman–Crippen MR) is 105 cm³/mol. The van der Waals surface area contributed by atoms with E-state index in [2.05, 4.69) is 31.3 Å². The molecule has 0 bridgehead atoms. The maximum atomic E-state index is 11.3. The number of nitriles is 1. The van der Waals surface area contributed by atoms with Crippen LogP contribution in [-0.2, 0) is 11.2 Å². The summed E-state index contributed by atoms with van der Waals surface area (Å²) >= 11 is 0. The number of carbonyl (C=O) groups excluding carboxylic acids is 1. The minimum absolute atomic E-state index is 0.108. The molecule has 0 aliphatic rings. The average Bonchev–Trinajstić information content (AvgIpc) is 2.66. The number of ether oxygens (including phenoxy) is 2. The van der Waals surface area contributed by atoms with Crippen LogP contribution in [0.4, 0.5) is 0 Å². The van der Waals surface area contributed by atoms with Crippen LogP contribution >= 0.6 is 0 Å². The van der Waals surface area contributed by atoms with Gasteiger partial charge in [-0.05, 0) is 47.7 Å². The first-order valence-corrected chi connectivity index (χ1v) is 9.16. The monoisotopic (exact) mass is 366 g/mol. The summed E-state index contributed by atoms with van der Waals surface area (Å²) < 4.78 is 11.4. The summed E-state index contributed by atoms with van der Waals surface area (Å²) in [5.74, 6) is 1.87. The fourth-order valence-corrected chi connectivity index (χ4v) is 2.54. The topological polar surface area (TPSA) is 71.3 Å². The molecule has 0 saturated heterocycles. The zero-order valence-electron chi connectivity index (χ0n) is 15.9. The number of nitrogens with zero attached hydrogens (tertiary/aromatic N) is 1. The van der Waals surface area contributed by atoms with Crippen LogP contribution in [0.1, 0.15) is 37.3 Å². The molecule has 0 unspecified atom stereocenters. The van der Waals surface area contributed by atoms with Crippen molar-refractivity contribution in [3.05, 3.63) is 59.7 Å². The van der Waals surface area contributed by atoms with Crippen LogP contribution in [0.15, 0.2) is 48.5 Å². The molecule has 0 aliphatic carbocycles. The van der Waals surface area contributed by atoms with Crippen LogP contribution in [0, 0.1) is 11.3 Å². The minimum atomic E-state index is -0.247. The smallest absolute Gasteiger partial charge is 0.234 e. The molecule has 27 heavy (non-hydrogen) atoms. The summed E-state index contributed by atoms with van der Waals surface area (Å²) in [5.41, 5.74) is 2.36. The molecule has 2 rings (SSSR count). The van der Waals surface area contributed by atoms with Crippen LogP contribution in [0.5, 0.6) is 11.5 Å². The van der Waals surface area contributed by atoms with Crippen LogP contribution in [-0.4, -0.2) is 25.7 Å². The number of amides is 1. The van der Waals surface area contributed by atoms with Gasteiger partial charge in [0.05, 0.1) is 6.07 Å². The van der Waals surface area contributed by atoms with Gasteiger partial charge in [0.25, 0.3) is 0 Å². The van der Waals surface area contributed by atoms with Crippen molar-refractivity contribution in [3.63, 3.8) is 0 Å². The van der Waals surface area contributed by atoms with Crippen molar-refractivity contribution < 1.29 is 14.3 Å². The first kappa shape index (κ1) is 20.3. The lowest BCUT2D eigenvalue weighted by Crippen LogP contribution is -2.24. The largest absolute Gasteiger partial charge is 0.490 e. The molecule has 0 atom stereocenters. The predicted octanol–water partition coefficient (Wildman–Crippen LogP) is 3.84. The number of hydrogen-bond acceptors (Lipinski definition) is 4. The van der Waals surface area contributed by atoms with Crippen LogP contribution in [0.3, 0.4) is 0 Å². The van der Waals surface area contributed by atoms with Gasteiger partial charge in [-0.3, -0.25) is 4.79 Å². The van der Waals surface area contributed by atoms with Crippen molar-refractivity contribution >= 4 is 5.91 Å². The first-order valence-electron chi connectivity index (χ1n) is 9.16. The van der Waals surface area contributed by atoms with Gasteiger partial charge >= 0.3 is 0 Å². The van der Waals surface area contributed by atoms with Gasteiger partial charge in [0.2, 0.25) is 5.91 Å². The molecule has 0 heterocycles. The fourth-order valence-electron chi connectivity index (χ4n) is 2.54. The first-order chi connectivity index (χ1) is 13.1. The molecule has 2 aromatic carbocycles. The molecule has 5 nitrogen and oxygen atoms in total. The van der Waals surface area contributed by atoms with E-state index in [0.29, 0.717) is 32.1 Å². The molecule has 0 aromatic heterocycles. The standard InChI is InChI=1S/C22H26N2O3/c1-17(2)19-6-8-20(9-7-19)26-14-15-27-21-5-3-4-18(16-21)11-13-24-22(25)10-12-23/h3-9,16-17H,10-11,13-15H2,1-2H3,(H,24,25). The minimum Gasteiger partial charge on any atom is -0.490 e. The molecular formula is C22H26N2O3. The molecule has 0 aliphatic heterocycles. The SMILES string of the molecule is CC(C)c1ccc(OCCOc2cccc(CCNC(=O)CC#N)c2)cc1. The Kier molecular flexibility index (Phi) is 8.18. The van der Waals surface area contributed by atoms with Gasteiger partial charge in [-0.1, -0.05) is 38.1 Å². The highest BCUT2D eigenvalue weighted by atomic mass is 16.5. The molecular weight excluding hydrogens is 340 g/mol. The van der Waals surface area contributed by atoms with Crippen molar-refractivity contribution in [2.45, 2.75) is 32.6 Å². The third kappa shape index (κ3) is 7.41. The Balaban J connectivity index is 1.71. The highest BCUT2D eigenvalue weighted by Gasteiger charge is 2.02. The summed E-state index contributed by atoms with van der Waals surface area (Å²) in [6.45, 7) is 5.75.